The van der Waals surface area contributed by atoms with Crippen molar-refractivity contribution in [2.24, 2.45) is 0 Å². The number of rotatable bonds is 1. The van der Waals surface area contributed by atoms with Crippen LogP contribution in [0.3, 0.4) is 0 Å². The van der Waals surface area contributed by atoms with Crippen LogP contribution in [-0.4, -0.2) is 8.80 Å². The van der Waals surface area contributed by atoms with E-state index in [0.717, 1.165) is 5.54 Å². The van der Waals surface area contributed by atoms with Crippen molar-refractivity contribution in [3.05, 3.63) is 40.5 Å². The molecule has 0 bridgehead atoms. The quantitative estimate of drug-likeness (QED) is 0.642. The van der Waals surface area contributed by atoms with Gasteiger partial charge in [0.05, 0.1) is 0 Å². The Balaban J connectivity index is 1.97. The molecular formula is C16H22Si. The molecule has 0 aromatic heterocycles. The Labute approximate surface area is 106 Å². The summed E-state index contributed by atoms with van der Waals surface area (Å²) >= 11 is 0. The van der Waals surface area contributed by atoms with Crippen molar-refractivity contribution in [1.29, 1.82) is 0 Å². The zero-order valence-electron chi connectivity index (χ0n) is 11.0. The molecule has 2 aliphatic rings. The van der Waals surface area contributed by atoms with Crippen molar-refractivity contribution in [1.82, 2.24) is 0 Å². The summed E-state index contributed by atoms with van der Waals surface area (Å²) in [5, 5.41) is 0. The Bertz CT molecular complexity index is 453. The van der Waals surface area contributed by atoms with Gasteiger partial charge in [-0.05, 0) is 41.6 Å². The smallest absolute Gasteiger partial charge is 0.0497 e. The van der Waals surface area contributed by atoms with Crippen molar-refractivity contribution in [2.75, 3.05) is 0 Å². The lowest BCUT2D eigenvalue weighted by atomic mass is 9.99. The zero-order valence-corrected chi connectivity index (χ0v) is 12.2. The third-order valence-corrected chi connectivity index (χ3v) is 8.56. The van der Waals surface area contributed by atoms with E-state index >= 15 is 0 Å². The van der Waals surface area contributed by atoms with Crippen LogP contribution in [0.2, 0.25) is 12.1 Å². The standard InChI is InChI=1S/C16H22Si/c1-12-6-7-13(2)16-14(12)8-9-15(16)17-10-4-3-5-11-17/h6-9,15,17H,3-5,10-11H2,1-2H3. The molecule has 1 aliphatic carbocycles. The first-order valence-corrected chi connectivity index (χ1v) is 9.35. The maximum atomic E-state index is 2.53. The van der Waals surface area contributed by atoms with E-state index in [0.29, 0.717) is 0 Å². The SMILES string of the molecule is Cc1ccc(C)c2c1C=CC2[SiH]1CCCCC1. The van der Waals surface area contributed by atoms with Crippen LogP contribution >= 0.6 is 0 Å². The van der Waals surface area contributed by atoms with Gasteiger partial charge in [0.15, 0.2) is 0 Å². The molecule has 1 aromatic rings. The van der Waals surface area contributed by atoms with Gasteiger partial charge in [-0.25, -0.2) is 0 Å². The zero-order chi connectivity index (χ0) is 11.8. The van der Waals surface area contributed by atoms with E-state index in [4.69, 9.17) is 0 Å². The Morgan fingerprint density at radius 2 is 1.71 bits per heavy atom. The van der Waals surface area contributed by atoms with Crippen LogP contribution in [0.1, 0.15) is 47.1 Å². The molecule has 0 N–H and O–H groups in total. The predicted molar refractivity (Wildman–Crippen MR) is 78.3 cm³/mol. The van der Waals surface area contributed by atoms with E-state index in [1.54, 1.807) is 23.2 Å². The van der Waals surface area contributed by atoms with Crippen molar-refractivity contribution in [3.8, 4) is 0 Å². The second-order valence-electron chi connectivity index (χ2n) is 5.81. The first kappa shape index (κ1) is 11.3. The molecule has 0 nitrogen and oxygen atoms in total. The molecule has 1 unspecified atom stereocenters. The highest BCUT2D eigenvalue weighted by molar-refractivity contribution is 6.61. The fourth-order valence-electron chi connectivity index (χ4n) is 3.70. The first-order valence-electron chi connectivity index (χ1n) is 7.05. The van der Waals surface area contributed by atoms with Gasteiger partial charge in [0.1, 0.15) is 0 Å². The normalized spacial score (nSPS) is 24.0. The van der Waals surface area contributed by atoms with Crippen molar-refractivity contribution in [2.45, 2.75) is 50.7 Å². The first-order chi connectivity index (χ1) is 8.27. The highest BCUT2D eigenvalue weighted by Gasteiger charge is 2.30. The average Bonchev–Trinajstić information content (AvgIpc) is 2.81. The third kappa shape index (κ3) is 1.91. The van der Waals surface area contributed by atoms with E-state index in [1.165, 1.54) is 30.4 Å². The molecule has 0 amide bonds. The van der Waals surface area contributed by atoms with Gasteiger partial charge in [0.25, 0.3) is 0 Å². The summed E-state index contributed by atoms with van der Waals surface area (Å²) in [6, 6.07) is 7.75. The third-order valence-electron chi connectivity index (χ3n) is 4.68. The van der Waals surface area contributed by atoms with Gasteiger partial charge in [-0.15, -0.1) is 0 Å². The van der Waals surface area contributed by atoms with E-state index in [9.17, 15) is 0 Å². The molecule has 1 heteroatoms. The second kappa shape index (κ2) is 4.45. The van der Waals surface area contributed by atoms with Gasteiger partial charge in [-0.2, -0.15) is 0 Å². The summed E-state index contributed by atoms with van der Waals surface area (Å²) in [5.41, 5.74) is 7.09. The molecule has 90 valence electrons. The second-order valence-corrected chi connectivity index (χ2v) is 9.20. The Morgan fingerprint density at radius 1 is 1.00 bits per heavy atom. The van der Waals surface area contributed by atoms with Crippen LogP contribution in [0.25, 0.3) is 6.08 Å². The summed E-state index contributed by atoms with van der Waals surface area (Å²) in [4.78, 5) is 0. The maximum Gasteiger partial charge on any atom is 0.0497 e. The van der Waals surface area contributed by atoms with E-state index < -0.39 is 8.80 Å². The average molecular weight is 242 g/mol. The molecule has 1 atom stereocenters. The summed E-state index contributed by atoms with van der Waals surface area (Å²) in [6.07, 6.45) is 9.43. The maximum absolute atomic E-state index is 2.53. The number of fused-ring (bicyclic) bond motifs is 1. The minimum atomic E-state index is -0.551. The van der Waals surface area contributed by atoms with Gasteiger partial charge in [0.2, 0.25) is 0 Å². The van der Waals surface area contributed by atoms with Crippen LogP contribution in [-0.2, 0) is 0 Å². The molecule has 3 rings (SSSR count). The van der Waals surface area contributed by atoms with Gasteiger partial charge < -0.3 is 0 Å². The molecule has 1 aliphatic heterocycles. The van der Waals surface area contributed by atoms with Gasteiger partial charge >= 0.3 is 0 Å². The predicted octanol–water partition coefficient (Wildman–Crippen LogP) is 4.36. The highest BCUT2D eigenvalue weighted by Crippen LogP contribution is 2.40. The van der Waals surface area contributed by atoms with Crippen molar-refractivity contribution < 1.29 is 0 Å². The lowest BCUT2D eigenvalue weighted by molar-refractivity contribution is 0.715. The Morgan fingerprint density at radius 3 is 2.47 bits per heavy atom. The molecular weight excluding hydrogens is 220 g/mol. The number of allylic oxidation sites excluding steroid dienone is 1. The minimum Gasteiger partial charge on any atom is -0.0794 e. The van der Waals surface area contributed by atoms with Crippen LogP contribution in [0.5, 0.6) is 0 Å². The van der Waals surface area contributed by atoms with Crippen molar-refractivity contribution >= 4 is 14.9 Å². The Kier molecular flexibility index (Phi) is 2.95. The molecule has 1 aromatic carbocycles. The van der Waals surface area contributed by atoms with E-state index in [1.807, 2.05) is 0 Å². The van der Waals surface area contributed by atoms with Crippen LogP contribution in [0.4, 0.5) is 0 Å². The Hall–Kier alpha value is -0.823. The topological polar surface area (TPSA) is 0 Å². The molecule has 17 heavy (non-hydrogen) atoms. The summed E-state index contributed by atoms with van der Waals surface area (Å²) in [7, 11) is -0.551. The fourth-order valence-corrected chi connectivity index (χ4v) is 7.67. The highest BCUT2D eigenvalue weighted by atomic mass is 28.3. The fraction of sp³-hybridized carbons (Fsp3) is 0.500. The molecule has 0 spiro atoms. The van der Waals surface area contributed by atoms with Gasteiger partial charge in [-0.3, -0.25) is 0 Å². The minimum absolute atomic E-state index is 0.551. The largest absolute Gasteiger partial charge is 0.0794 e. The number of aryl methyl sites for hydroxylation is 2. The van der Waals surface area contributed by atoms with E-state index in [-0.39, 0.29) is 0 Å². The van der Waals surface area contributed by atoms with Crippen LogP contribution in [0, 0.1) is 13.8 Å². The van der Waals surface area contributed by atoms with Crippen molar-refractivity contribution in [3.63, 3.8) is 0 Å². The lowest BCUT2D eigenvalue weighted by Crippen LogP contribution is -2.24. The summed E-state index contributed by atoms with van der Waals surface area (Å²) < 4.78 is 0. The molecule has 1 heterocycles. The molecule has 1 fully saturated rings. The number of hydrogen-bond acceptors (Lipinski definition) is 0. The molecule has 0 radical (unpaired) electrons. The monoisotopic (exact) mass is 242 g/mol. The number of benzene rings is 1. The van der Waals surface area contributed by atoms with Crippen LogP contribution in [0.15, 0.2) is 18.2 Å². The molecule has 1 saturated heterocycles. The van der Waals surface area contributed by atoms with Gasteiger partial charge in [0, 0.05) is 8.80 Å². The molecule has 0 saturated carbocycles. The lowest BCUT2D eigenvalue weighted by Gasteiger charge is -2.27. The summed E-state index contributed by atoms with van der Waals surface area (Å²) in [6.45, 7) is 4.56. The van der Waals surface area contributed by atoms with Gasteiger partial charge in [-0.1, -0.05) is 55.6 Å². The summed E-state index contributed by atoms with van der Waals surface area (Å²) in [5.74, 6) is 0. The van der Waals surface area contributed by atoms with Crippen LogP contribution < -0.4 is 0 Å². The number of hydrogen-bond donors (Lipinski definition) is 0. The van der Waals surface area contributed by atoms with E-state index in [2.05, 4.69) is 38.1 Å².